The van der Waals surface area contributed by atoms with E-state index in [1.807, 2.05) is 35.2 Å². The van der Waals surface area contributed by atoms with Crippen LogP contribution in [0.1, 0.15) is 18.1 Å². The van der Waals surface area contributed by atoms with Crippen LogP contribution in [0.3, 0.4) is 0 Å². The first-order valence-corrected chi connectivity index (χ1v) is 8.67. The maximum Gasteiger partial charge on any atom is 0.317 e. The average Bonchev–Trinajstić information content (AvgIpc) is 2.67. The van der Waals surface area contributed by atoms with Crippen LogP contribution in [0.5, 0.6) is 0 Å². The van der Waals surface area contributed by atoms with E-state index in [-0.39, 0.29) is 6.03 Å². The number of aryl methyl sites for hydroxylation is 1. The Labute approximate surface area is 144 Å². The van der Waals surface area contributed by atoms with Gasteiger partial charge >= 0.3 is 6.03 Å². The molecule has 0 atom stereocenters. The van der Waals surface area contributed by atoms with E-state index in [1.165, 1.54) is 11.3 Å². The molecule has 2 amide bonds. The van der Waals surface area contributed by atoms with Gasteiger partial charge in [0.25, 0.3) is 0 Å². The van der Waals surface area contributed by atoms with Crippen molar-refractivity contribution in [2.24, 2.45) is 0 Å². The molecule has 1 saturated heterocycles. The number of carbonyl (C=O) groups excluding carboxylic acids is 1. The molecule has 0 spiro atoms. The van der Waals surface area contributed by atoms with Crippen molar-refractivity contribution >= 4 is 11.7 Å². The minimum absolute atomic E-state index is 0.0299. The molecule has 1 aliphatic rings. The van der Waals surface area contributed by atoms with Crippen molar-refractivity contribution in [3.05, 3.63) is 65.7 Å². The highest BCUT2D eigenvalue weighted by molar-refractivity contribution is 5.74. The molecule has 1 aliphatic heterocycles. The summed E-state index contributed by atoms with van der Waals surface area (Å²) in [6, 6.07) is 18.6. The maximum absolute atomic E-state index is 12.3. The quantitative estimate of drug-likeness (QED) is 0.937. The lowest BCUT2D eigenvalue weighted by molar-refractivity contribution is 0.194. The lowest BCUT2D eigenvalue weighted by atomic mass is 10.1. The van der Waals surface area contributed by atoms with Crippen molar-refractivity contribution in [1.82, 2.24) is 10.2 Å². The first-order chi connectivity index (χ1) is 11.8. The van der Waals surface area contributed by atoms with Crippen molar-refractivity contribution in [2.45, 2.75) is 19.9 Å². The number of urea groups is 1. The molecule has 0 bridgehead atoms. The minimum Gasteiger partial charge on any atom is -0.368 e. The monoisotopic (exact) mass is 323 g/mol. The summed E-state index contributed by atoms with van der Waals surface area (Å²) in [5.41, 5.74) is 3.81. The van der Waals surface area contributed by atoms with E-state index < -0.39 is 0 Å². The summed E-state index contributed by atoms with van der Waals surface area (Å²) in [6.07, 6.45) is 1.04. The molecule has 2 aromatic carbocycles. The Morgan fingerprint density at radius 2 is 1.62 bits per heavy atom. The van der Waals surface area contributed by atoms with Crippen LogP contribution >= 0.6 is 0 Å². The third kappa shape index (κ3) is 3.88. The molecular formula is C20H25N3O. The second kappa shape index (κ2) is 7.86. The molecule has 1 N–H and O–H groups in total. The summed E-state index contributed by atoms with van der Waals surface area (Å²) in [6.45, 7) is 6.06. The van der Waals surface area contributed by atoms with E-state index in [2.05, 4.69) is 41.4 Å². The summed E-state index contributed by atoms with van der Waals surface area (Å²) < 4.78 is 0. The Balaban J connectivity index is 1.52. The summed E-state index contributed by atoms with van der Waals surface area (Å²) in [7, 11) is 0. The predicted octanol–water partition coefficient (Wildman–Crippen LogP) is 3.28. The fourth-order valence-corrected chi connectivity index (χ4v) is 3.15. The zero-order chi connectivity index (χ0) is 16.8. The molecule has 2 aromatic rings. The standard InChI is InChI=1S/C20H25N3O/c1-2-18-10-6-7-11-19(18)22-12-14-23(15-13-22)20(24)21-16-17-8-4-3-5-9-17/h3-11H,2,12-16H2,1H3,(H,21,24). The first-order valence-electron chi connectivity index (χ1n) is 8.67. The molecule has 0 aliphatic carbocycles. The number of benzene rings is 2. The number of para-hydroxylation sites is 1. The first kappa shape index (κ1) is 16.4. The number of amides is 2. The number of hydrogen-bond donors (Lipinski definition) is 1. The Morgan fingerprint density at radius 1 is 0.958 bits per heavy atom. The van der Waals surface area contributed by atoms with Crippen molar-refractivity contribution < 1.29 is 4.79 Å². The van der Waals surface area contributed by atoms with Crippen molar-refractivity contribution in [1.29, 1.82) is 0 Å². The smallest absolute Gasteiger partial charge is 0.317 e. The highest BCUT2D eigenvalue weighted by Crippen LogP contribution is 2.22. The Kier molecular flexibility index (Phi) is 5.36. The third-order valence-electron chi connectivity index (χ3n) is 4.57. The van der Waals surface area contributed by atoms with Crippen LogP contribution in [0.4, 0.5) is 10.5 Å². The van der Waals surface area contributed by atoms with Crippen LogP contribution in [0.15, 0.2) is 54.6 Å². The van der Waals surface area contributed by atoms with Gasteiger partial charge in [-0.05, 0) is 23.6 Å². The fraction of sp³-hybridized carbons (Fsp3) is 0.350. The Hall–Kier alpha value is -2.49. The van der Waals surface area contributed by atoms with Gasteiger partial charge in [0, 0.05) is 38.4 Å². The van der Waals surface area contributed by atoms with Crippen LogP contribution in [0.25, 0.3) is 0 Å². The Morgan fingerprint density at radius 3 is 2.33 bits per heavy atom. The van der Waals surface area contributed by atoms with Crippen LogP contribution < -0.4 is 10.2 Å². The lowest BCUT2D eigenvalue weighted by Crippen LogP contribution is -2.51. The zero-order valence-electron chi connectivity index (χ0n) is 14.2. The van der Waals surface area contributed by atoms with Crippen molar-refractivity contribution in [3.8, 4) is 0 Å². The molecule has 24 heavy (non-hydrogen) atoms. The van der Waals surface area contributed by atoms with Gasteiger partial charge in [0.1, 0.15) is 0 Å². The molecule has 1 fully saturated rings. The van der Waals surface area contributed by atoms with E-state index in [9.17, 15) is 4.79 Å². The summed E-state index contributed by atoms with van der Waals surface area (Å²) in [4.78, 5) is 16.6. The van der Waals surface area contributed by atoms with Gasteiger partial charge in [-0.2, -0.15) is 0 Å². The predicted molar refractivity (Wildman–Crippen MR) is 98.3 cm³/mol. The largest absolute Gasteiger partial charge is 0.368 e. The van der Waals surface area contributed by atoms with E-state index >= 15 is 0 Å². The molecule has 0 saturated carbocycles. The summed E-state index contributed by atoms with van der Waals surface area (Å²) in [5.74, 6) is 0. The van der Waals surface area contributed by atoms with E-state index in [0.717, 1.165) is 38.2 Å². The minimum atomic E-state index is 0.0299. The van der Waals surface area contributed by atoms with Crippen LogP contribution in [-0.4, -0.2) is 37.1 Å². The van der Waals surface area contributed by atoms with Crippen molar-refractivity contribution in [2.75, 3.05) is 31.1 Å². The number of carbonyl (C=O) groups is 1. The summed E-state index contributed by atoms with van der Waals surface area (Å²) in [5, 5.41) is 3.01. The van der Waals surface area contributed by atoms with Gasteiger partial charge < -0.3 is 15.1 Å². The number of nitrogens with zero attached hydrogens (tertiary/aromatic N) is 2. The van der Waals surface area contributed by atoms with Gasteiger partial charge in [0.05, 0.1) is 0 Å². The molecule has 4 nitrogen and oxygen atoms in total. The van der Waals surface area contributed by atoms with Crippen LogP contribution in [-0.2, 0) is 13.0 Å². The van der Waals surface area contributed by atoms with E-state index in [0.29, 0.717) is 6.54 Å². The van der Waals surface area contributed by atoms with E-state index in [4.69, 9.17) is 0 Å². The molecule has 0 unspecified atom stereocenters. The molecule has 0 aromatic heterocycles. The number of nitrogens with one attached hydrogen (secondary N) is 1. The van der Waals surface area contributed by atoms with Gasteiger partial charge in [0.15, 0.2) is 0 Å². The molecule has 4 heteroatoms. The lowest BCUT2D eigenvalue weighted by Gasteiger charge is -2.37. The third-order valence-corrected chi connectivity index (χ3v) is 4.57. The molecule has 3 rings (SSSR count). The zero-order valence-corrected chi connectivity index (χ0v) is 14.2. The summed E-state index contributed by atoms with van der Waals surface area (Å²) >= 11 is 0. The molecular weight excluding hydrogens is 298 g/mol. The Bertz CT molecular complexity index is 664. The van der Waals surface area contributed by atoms with Gasteiger partial charge in [-0.25, -0.2) is 4.79 Å². The highest BCUT2D eigenvalue weighted by atomic mass is 16.2. The van der Waals surface area contributed by atoms with Gasteiger partial charge in [-0.3, -0.25) is 0 Å². The number of rotatable bonds is 4. The normalized spacial score (nSPS) is 14.5. The molecule has 126 valence electrons. The molecule has 1 heterocycles. The van der Waals surface area contributed by atoms with Gasteiger partial charge in [-0.1, -0.05) is 55.5 Å². The van der Waals surface area contributed by atoms with Crippen molar-refractivity contribution in [3.63, 3.8) is 0 Å². The highest BCUT2D eigenvalue weighted by Gasteiger charge is 2.21. The van der Waals surface area contributed by atoms with E-state index in [1.54, 1.807) is 0 Å². The van der Waals surface area contributed by atoms with Gasteiger partial charge in [-0.15, -0.1) is 0 Å². The van der Waals surface area contributed by atoms with Gasteiger partial charge in [0.2, 0.25) is 0 Å². The fourth-order valence-electron chi connectivity index (χ4n) is 3.15. The number of hydrogen-bond acceptors (Lipinski definition) is 2. The van der Waals surface area contributed by atoms with Crippen LogP contribution in [0.2, 0.25) is 0 Å². The van der Waals surface area contributed by atoms with Crippen LogP contribution in [0, 0.1) is 0 Å². The number of anilines is 1. The number of piperazine rings is 1. The second-order valence-electron chi connectivity index (χ2n) is 6.10. The molecule has 0 radical (unpaired) electrons. The second-order valence-corrected chi connectivity index (χ2v) is 6.10. The topological polar surface area (TPSA) is 35.6 Å². The SMILES string of the molecule is CCc1ccccc1N1CCN(C(=O)NCc2ccccc2)CC1. The average molecular weight is 323 g/mol. The maximum atomic E-state index is 12.3.